The highest BCUT2D eigenvalue weighted by Crippen LogP contribution is 2.26. The monoisotopic (exact) mass is 444 g/mol. The zero-order valence-electron chi connectivity index (χ0n) is 17.5. The van der Waals surface area contributed by atoms with Crippen molar-refractivity contribution in [3.63, 3.8) is 0 Å². The first kappa shape index (κ1) is 20.5. The van der Waals surface area contributed by atoms with Gasteiger partial charge in [-0.2, -0.15) is 5.10 Å². The van der Waals surface area contributed by atoms with Crippen molar-refractivity contribution in [2.45, 2.75) is 13.3 Å². The van der Waals surface area contributed by atoms with Gasteiger partial charge in [0.25, 0.3) is 5.91 Å². The first-order valence-corrected chi connectivity index (χ1v) is 10.3. The number of carbonyl (C=O) groups is 1. The van der Waals surface area contributed by atoms with Gasteiger partial charge in [-0.1, -0.05) is 13.0 Å². The summed E-state index contributed by atoms with van der Waals surface area (Å²) >= 11 is 0. The van der Waals surface area contributed by atoms with Crippen LogP contribution in [0.2, 0.25) is 0 Å². The maximum atomic E-state index is 14.1. The Kier molecular flexibility index (Phi) is 5.14. The minimum absolute atomic E-state index is 0.0336. The number of anilines is 1. The number of hydrogen-bond donors (Lipinski definition) is 2. The lowest BCUT2D eigenvalue weighted by atomic mass is 10.2. The van der Waals surface area contributed by atoms with Gasteiger partial charge in [-0.3, -0.25) is 4.79 Å². The molecule has 0 aliphatic rings. The van der Waals surface area contributed by atoms with E-state index in [1.165, 1.54) is 6.20 Å². The molecule has 33 heavy (non-hydrogen) atoms. The smallest absolute Gasteiger partial charge is 0.259 e. The Morgan fingerprint density at radius 2 is 2.00 bits per heavy atom. The molecule has 9 heteroatoms. The summed E-state index contributed by atoms with van der Waals surface area (Å²) in [6, 6.07) is 13.8. The third kappa shape index (κ3) is 3.84. The molecular weight excluding hydrogens is 426 g/mol. The summed E-state index contributed by atoms with van der Waals surface area (Å²) in [5, 5.41) is 7.20. The fourth-order valence-electron chi connectivity index (χ4n) is 3.67. The van der Waals surface area contributed by atoms with E-state index in [2.05, 4.69) is 25.4 Å². The van der Waals surface area contributed by atoms with E-state index in [0.29, 0.717) is 34.5 Å². The minimum atomic E-state index is -0.582. The Morgan fingerprint density at radius 3 is 2.79 bits per heavy atom. The number of imidazole rings is 1. The molecule has 3 aromatic heterocycles. The van der Waals surface area contributed by atoms with Gasteiger partial charge in [0.2, 0.25) is 0 Å². The van der Waals surface area contributed by atoms with Crippen LogP contribution < -0.4 is 5.32 Å². The summed E-state index contributed by atoms with van der Waals surface area (Å²) < 4.78 is 29.3. The lowest BCUT2D eigenvalue weighted by Crippen LogP contribution is -2.14. The summed E-state index contributed by atoms with van der Waals surface area (Å²) in [5.74, 6) is -0.622. The van der Waals surface area contributed by atoms with Gasteiger partial charge in [0.1, 0.15) is 17.5 Å². The van der Waals surface area contributed by atoms with Crippen molar-refractivity contribution in [3.8, 4) is 17.2 Å². The molecule has 1 amide bonds. The molecule has 0 saturated heterocycles. The van der Waals surface area contributed by atoms with Crippen LogP contribution in [0.25, 0.3) is 28.2 Å². The number of halogens is 2. The minimum Gasteiger partial charge on any atom is -0.338 e. The highest BCUT2D eigenvalue weighted by atomic mass is 19.1. The van der Waals surface area contributed by atoms with E-state index in [1.54, 1.807) is 29.1 Å². The second-order valence-corrected chi connectivity index (χ2v) is 7.35. The number of benzene rings is 2. The van der Waals surface area contributed by atoms with Gasteiger partial charge in [0.05, 0.1) is 34.1 Å². The van der Waals surface area contributed by atoms with Gasteiger partial charge in [-0.05, 0) is 55.0 Å². The van der Waals surface area contributed by atoms with Gasteiger partial charge in [-0.15, -0.1) is 0 Å². The van der Waals surface area contributed by atoms with Crippen LogP contribution in [0.1, 0.15) is 23.0 Å². The molecule has 0 aliphatic carbocycles. The average molecular weight is 444 g/mol. The Labute approximate surface area is 187 Å². The largest absolute Gasteiger partial charge is 0.338 e. The summed E-state index contributed by atoms with van der Waals surface area (Å²) in [4.78, 5) is 24.6. The predicted molar refractivity (Wildman–Crippen MR) is 120 cm³/mol. The fraction of sp³-hybridized carbons (Fsp3) is 0.0833. The molecule has 0 aliphatic heterocycles. The van der Waals surface area contributed by atoms with E-state index >= 15 is 0 Å². The highest BCUT2D eigenvalue weighted by molar-refractivity contribution is 6.05. The number of H-pyrrole nitrogens is 1. The number of amides is 1. The van der Waals surface area contributed by atoms with Gasteiger partial charge in [-0.25, -0.2) is 23.4 Å². The first-order chi connectivity index (χ1) is 16.0. The molecule has 0 bridgehead atoms. The van der Waals surface area contributed by atoms with Gasteiger partial charge in [0.15, 0.2) is 5.82 Å². The van der Waals surface area contributed by atoms with Crippen LogP contribution in [0.4, 0.5) is 14.5 Å². The number of aromatic nitrogens is 5. The number of hydrogen-bond acceptors (Lipinski definition) is 4. The molecule has 2 N–H and O–H groups in total. The Hall–Kier alpha value is -4.40. The molecule has 164 valence electrons. The summed E-state index contributed by atoms with van der Waals surface area (Å²) in [7, 11) is 0. The Balaban J connectivity index is 1.43. The molecule has 3 heterocycles. The number of nitrogens with zero attached hydrogens (tertiary/aromatic N) is 4. The molecule has 0 saturated carbocycles. The normalized spacial score (nSPS) is 11.1. The molecule has 5 aromatic rings. The van der Waals surface area contributed by atoms with Crippen molar-refractivity contribution in [3.05, 3.63) is 89.9 Å². The SMILES string of the molecule is CCc1c(C(=O)Nc2ccc3nc(-c4cc(F)ccc4F)[nH]c3c2)cnn1-c1ccccn1. The number of carbonyl (C=O) groups excluding carboxylic acids is 1. The second kappa shape index (κ2) is 8.27. The third-order valence-corrected chi connectivity index (χ3v) is 5.24. The van der Waals surface area contributed by atoms with Gasteiger partial charge in [0, 0.05) is 11.9 Å². The summed E-state index contributed by atoms with van der Waals surface area (Å²) in [6.45, 7) is 1.94. The number of pyridine rings is 1. The van der Waals surface area contributed by atoms with Crippen LogP contribution in [0.3, 0.4) is 0 Å². The lowest BCUT2D eigenvalue weighted by Gasteiger charge is -2.08. The highest BCUT2D eigenvalue weighted by Gasteiger charge is 2.18. The van der Waals surface area contributed by atoms with Gasteiger partial charge < -0.3 is 10.3 Å². The zero-order chi connectivity index (χ0) is 22.9. The predicted octanol–water partition coefficient (Wildman–Crippen LogP) is 4.90. The van der Waals surface area contributed by atoms with E-state index in [-0.39, 0.29) is 17.3 Å². The number of rotatable bonds is 5. The van der Waals surface area contributed by atoms with E-state index in [0.717, 1.165) is 23.9 Å². The zero-order valence-corrected chi connectivity index (χ0v) is 17.5. The quantitative estimate of drug-likeness (QED) is 0.403. The number of nitrogens with one attached hydrogen (secondary N) is 2. The molecule has 0 radical (unpaired) electrons. The van der Waals surface area contributed by atoms with Crippen LogP contribution in [-0.2, 0) is 6.42 Å². The van der Waals surface area contributed by atoms with Gasteiger partial charge >= 0.3 is 0 Å². The maximum absolute atomic E-state index is 14.1. The lowest BCUT2D eigenvalue weighted by molar-refractivity contribution is 0.102. The van der Waals surface area contributed by atoms with Crippen molar-refractivity contribution in [2.75, 3.05) is 5.32 Å². The van der Waals surface area contributed by atoms with E-state index in [4.69, 9.17) is 0 Å². The van der Waals surface area contributed by atoms with Crippen molar-refractivity contribution in [2.24, 2.45) is 0 Å². The van der Waals surface area contributed by atoms with E-state index in [1.807, 2.05) is 25.1 Å². The molecule has 7 nitrogen and oxygen atoms in total. The summed E-state index contributed by atoms with van der Waals surface area (Å²) in [6.07, 6.45) is 3.77. The standard InChI is InChI=1S/C24H18F2N6O/c1-2-21-17(13-28-32(21)22-5-3-4-10-27-22)24(33)29-15-7-9-19-20(12-15)31-23(30-19)16-11-14(25)6-8-18(16)26/h3-13H,2H2,1H3,(H,29,33)(H,30,31). The van der Waals surface area contributed by atoms with E-state index in [9.17, 15) is 13.6 Å². The number of aromatic amines is 1. The average Bonchev–Trinajstić information content (AvgIpc) is 3.45. The Morgan fingerprint density at radius 1 is 1.12 bits per heavy atom. The topological polar surface area (TPSA) is 88.5 Å². The number of fused-ring (bicyclic) bond motifs is 1. The fourth-order valence-corrected chi connectivity index (χ4v) is 3.67. The molecule has 0 atom stereocenters. The summed E-state index contributed by atoms with van der Waals surface area (Å²) in [5.41, 5.74) is 2.87. The molecular formula is C24H18F2N6O. The van der Waals surface area contributed by atoms with Crippen LogP contribution in [-0.4, -0.2) is 30.6 Å². The molecule has 0 unspecified atom stereocenters. The van der Waals surface area contributed by atoms with Crippen molar-refractivity contribution < 1.29 is 13.6 Å². The van der Waals surface area contributed by atoms with Crippen molar-refractivity contribution in [1.82, 2.24) is 24.7 Å². The third-order valence-electron chi connectivity index (χ3n) is 5.24. The van der Waals surface area contributed by atoms with Crippen LogP contribution in [0.5, 0.6) is 0 Å². The van der Waals surface area contributed by atoms with Crippen LogP contribution in [0.15, 0.2) is 67.0 Å². The van der Waals surface area contributed by atoms with Crippen molar-refractivity contribution >= 4 is 22.6 Å². The molecule has 0 fully saturated rings. The Bertz CT molecular complexity index is 1480. The van der Waals surface area contributed by atoms with Crippen LogP contribution >= 0.6 is 0 Å². The van der Waals surface area contributed by atoms with Crippen LogP contribution in [0, 0.1) is 11.6 Å². The van der Waals surface area contributed by atoms with Crippen molar-refractivity contribution in [1.29, 1.82) is 0 Å². The molecule has 2 aromatic carbocycles. The maximum Gasteiger partial charge on any atom is 0.259 e. The molecule has 0 spiro atoms. The van der Waals surface area contributed by atoms with E-state index < -0.39 is 11.6 Å². The first-order valence-electron chi connectivity index (χ1n) is 10.3. The molecule has 5 rings (SSSR count). The second-order valence-electron chi connectivity index (χ2n) is 7.35.